The first kappa shape index (κ1) is 18.3. The summed E-state index contributed by atoms with van der Waals surface area (Å²) in [6.45, 7) is -2.56. The number of pyridine rings is 1. The largest absolute Gasteiger partial charge is 0.435 e. The van der Waals surface area contributed by atoms with E-state index in [0.717, 1.165) is 5.69 Å². The van der Waals surface area contributed by atoms with Crippen molar-refractivity contribution in [3.8, 4) is 5.75 Å². The fourth-order valence-corrected chi connectivity index (χ4v) is 2.43. The van der Waals surface area contributed by atoms with E-state index in [1.165, 1.54) is 12.1 Å². The van der Waals surface area contributed by atoms with Crippen molar-refractivity contribution >= 4 is 17.3 Å². The van der Waals surface area contributed by atoms with E-state index >= 15 is 0 Å². The predicted octanol–water partition coefficient (Wildman–Crippen LogP) is 4.36. The number of aromatic nitrogens is 1. The summed E-state index contributed by atoms with van der Waals surface area (Å²) in [5.74, 6) is -0.182. The van der Waals surface area contributed by atoms with Crippen LogP contribution in [0.15, 0.2) is 72.9 Å². The highest BCUT2D eigenvalue weighted by Crippen LogP contribution is 2.23. The van der Waals surface area contributed by atoms with Gasteiger partial charge in [-0.05, 0) is 48.5 Å². The van der Waals surface area contributed by atoms with Gasteiger partial charge < -0.3 is 15.4 Å². The first-order valence-electron chi connectivity index (χ1n) is 8.21. The fourth-order valence-electron chi connectivity index (χ4n) is 2.43. The molecule has 0 unspecified atom stereocenters. The molecule has 0 aliphatic heterocycles. The zero-order valence-electron chi connectivity index (χ0n) is 14.2. The molecule has 2 N–H and O–H groups in total. The minimum Gasteiger partial charge on any atom is -0.435 e. The zero-order valence-corrected chi connectivity index (χ0v) is 14.2. The van der Waals surface area contributed by atoms with Gasteiger partial charge in [-0.25, -0.2) is 0 Å². The SMILES string of the molecule is O=C(NCc1ccccn1)c1ccccc1Nc1ccc(OC(F)F)cc1. The van der Waals surface area contributed by atoms with E-state index in [1.54, 1.807) is 42.6 Å². The summed E-state index contributed by atoms with van der Waals surface area (Å²) in [7, 11) is 0. The lowest BCUT2D eigenvalue weighted by molar-refractivity contribution is -0.0498. The van der Waals surface area contributed by atoms with E-state index in [4.69, 9.17) is 0 Å². The van der Waals surface area contributed by atoms with Crippen LogP contribution in [0.25, 0.3) is 0 Å². The Balaban J connectivity index is 1.69. The minimum atomic E-state index is -2.87. The van der Waals surface area contributed by atoms with Gasteiger partial charge in [-0.1, -0.05) is 18.2 Å². The van der Waals surface area contributed by atoms with E-state index in [0.29, 0.717) is 23.5 Å². The third-order valence-corrected chi connectivity index (χ3v) is 3.69. The molecule has 138 valence electrons. The average Bonchev–Trinajstić information content (AvgIpc) is 2.68. The summed E-state index contributed by atoms with van der Waals surface area (Å²) >= 11 is 0. The van der Waals surface area contributed by atoms with Gasteiger partial charge in [0.05, 0.1) is 23.5 Å². The van der Waals surface area contributed by atoms with Crippen LogP contribution in [0.2, 0.25) is 0 Å². The quantitative estimate of drug-likeness (QED) is 0.650. The number of carbonyl (C=O) groups is 1. The number of halogens is 2. The maximum atomic E-state index is 12.5. The van der Waals surface area contributed by atoms with Gasteiger partial charge in [-0.2, -0.15) is 8.78 Å². The Labute approximate surface area is 155 Å². The zero-order chi connectivity index (χ0) is 19.1. The van der Waals surface area contributed by atoms with Crippen LogP contribution in [0.4, 0.5) is 20.2 Å². The van der Waals surface area contributed by atoms with Crippen molar-refractivity contribution in [3.63, 3.8) is 0 Å². The van der Waals surface area contributed by atoms with Crippen LogP contribution < -0.4 is 15.4 Å². The van der Waals surface area contributed by atoms with Crippen LogP contribution in [0, 0.1) is 0 Å². The molecular formula is C20H17F2N3O2. The smallest absolute Gasteiger partial charge is 0.387 e. The van der Waals surface area contributed by atoms with Crippen molar-refractivity contribution in [3.05, 3.63) is 84.2 Å². The molecule has 0 atom stereocenters. The Morgan fingerprint density at radius 1 is 1.00 bits per heavy atom. The number of ether oxygens (including phenoxy) is 1. The molecule has 0 radical (unpaired) electrons. The van der Waals surface area contributed by atoms with E-state index < -0.39 is 6.61 Å². The van der Waals surface area contributed by atoms with Crippen LogP contribution >= 0.6 is 0 Å². The summed E-state index contributed by atoms with van der Waals surface area (Å²) in [6.07, 6.45) is 1.67. The lowest BCUT2D eigenvalue weighted by Gasteiger charge is -2.13. The van der Waals surface area contributed by atoms with E-state index in [9.17, 15) is 13.6 Å². The molecule has 0 saturated heterocycles. The van der Waals surface area contributed by atoms with Gasteiger partial charge in [-0.15, -0.1) is 0 Å². The van der Waals surface area contributed by atoms with Crippen molar-refractivity contribution in [1.82, 2.24) is 10.3 Å². The molecule has 27 heavy (non-hydrogen) atoms. The van der Waals surface area contributed by atoms with Crippen molar-refractivity contribution < 1.29 is 18.3 Å². The second-order valence-corrected chi connectivity index (χ2v) is 5.58. The molecule has 2 aromatic carbocycles. The predicted molar refractivity (Wildman–Crippen MR) is 98.2 cm³/mol. The molecule has 0 spiro atoms. The summed E-state index contributed by atoms with van der Waals surface area (Å²) in [4.78, 5) is 16.7. The van der Waals surface area contributed by atoms with Crippen molar-refractivity contribution in [2.75, 3.05) is 5.32 Å². The first-order chi connectivity index (χ1) is 13.1. The van der Waals surface area contributed by atoms with Crippen LogP contribution in [0.1, 0.15) is 16.1 Å². The van der Waals surface area contributed by atoms with Gasteiger partial charge in [0.1, 0.15) is 5.75 Å². The van der Waals surface area contributed by atoms with E-state index in [-0.39, 0.29) is 11.7 Å². The van der Waals surface area contributed by atoms with Gasteiger partial charge in [0.15, 0.2) is 0 Å². The standard InChI is InChI=1S/C20H17F2N3O2/c21-20(22)27-16-10-8-14(9-11-16)25-18-7-2-1-6-17(18)19(26)24-13-15-5-3-4-12-23-15/h1-12,20,25H,13H2,(H,24,26). The first-order valence-corrected chi connectivity index (χ1v) is 8.21. The fraction of sp³-hybridized carbons (Fsp3) is 0.100. The number of amides is 1. The molecule has 1 aromatic heterocycles. The molecule has 1 amide bonds. The monoisotopic (exact) mass is 369 g/mol. The molecule has 0 fully saturated rings. The molecule has 0 aliphatic rings. The number of carbonyl (C=O) groups excluding carboxylic acids is 1. The van der Waals surface area contributed by atoms with Crippen LogP contribution in [-0.4, -0.2) is 17.5 Å². The van der Waals surface area contributed by atoms with E-state index in [1.807, 2.05) is 18.2 Å². The summed E-state index contributed by atoms with van der Waals surface area (Å²) in [5.41, 5.74) is 2.45. The number of hydrogen-bond acceptors (Lipinski definition) is 4. The number of nitrogens with zero attached hydrogens (tertiary/aromatic N) is 1. The Morgan fingerprint density at radius 2 is 1.74 bits per heavy atom. The highest BCUT2D eigenvalue weighted by molar-refractivity contribution is 6.00. The highest BCUT2D eigenvalue weighted by atomic mass is 19.3. The summed E-state index contributed by atoms with van der Waals surface area (Å²) < 4.78 is 28.8. The minimum absolute atomic E-state index is 0.0666. The van der Waals surface area contributed by atoms with Crippen LogP contribution in [0.3, 0.4) is 0 Å². The second kappa shape index (κ2) is 8.75. The van der Waals surface area contributed by atoms with Gasteiger partial charge in [0, 0.05) is 11.9 Å². The average molecular weight is 369 g/mol. The number of anilines is 2. The van der Waals surface area contributed by atoms with Gasteiger partial charge in [-0.3, -0.25) is 9.78 Å². The molecule has 3 aromatic rings. The van der Waals surface area contributed by atoms with Crippen LogP contribution in [0.5, 0.6) is 5.75 Å². The van der Waals surface area contributed by atoms with Crippen molar-refractivity contribution in [2.45, 2.75) is 13.2 Å². The van der Waals surface area contributed by atoms with Gasteiger partial charge in [0.2, 0.25) is 0 Å². The molecule has 3 rings (SSSR count). The summed E-state index contributed by atoms with van der Waals surface area (Å²) in [5, 5.41) is 5.94. The number of alkyl halides is 2. The van der Waals surface area contributed by atoms with E-state index in [2.05, 4.69) is 20.4 Å². The third kappa shape index (κ3) is 5.24. The van der Waals surface area contributed by atoms with Gasteiger partial charge in [0.25, 0.3) is 5.91 Å². The number of rotatable bonds is 7. The molecule has 0 aliphatic carbocycles. The van der Waals surface area contributed by atoms with Crippen molar-refractivity contribution in [2.24, 2.45) is 0 Å². The topological polar surface area (TPSA) is 63.2 Å². The molecule has 1 heterocycles. The number of hydrogen-bond donors (Lipinski definition) is 2. The lowest BCUT2D eigenvalue weighted by Crippen LogP contribution is -2.24. The lowest BCUT2D eigenvalue weighted by atomic mass is 10.1. The number of benzene rings is 2. The molecule has 0 saturated carbocycles. The van der Waals surface area contributed by atoms with Crippen LogP contribution in [-0.2, 0) is 6.54 Å². The number of nitrogens with one attached hydrogen (secondary N) is 2. The molecular weight excluding hydrogens is 352 g/mol. The molecule has 0 bridgehead atoms. The number of para-hydroxylation sites is 1. The summed E-state index contributed by atoms with van der Waals surface area (Å²) in [6, 6.07) is 18.6. The van der Waals surface area contributed by atoms with Crippen molar-refractivity contribution in [1.29, 1.82) is 0 Å². The Morgan fingerprint density at radius 3 is 2.44 bits per heavy atom. The highest BCUT2D eigenvalue weighted by Gasteiger charge is 2.11. The second-order valence-electron chi connectivity index (χ2n) is 5.58. The Hall–Kier alpha value is -3.48. The normalized spacial score (nSPS) is 10.5. The maximum Gasteiger partial charge on any atom is 0.387 e. The molecule has 7 heteroatoms. The van der Waals surface area contributed by atoms with Gasteiger partial charge >= 0.3 is 6.61 Å². The Bertz CT molecular complexity index is 887. The third-order valence-electron chi connectivity index (χ3n) is 3.69. The maximum absolute atomic E-state index is 12.5. The Kier molecular flexibility index (Phi) is 5.94. The molecule has 5 nitrogen and oxygen atoms in total.